The third-order valence-electron chi connectivity index (χ3n) is 1.42. The number of amidine groups is 1. The highest BCUT2D eigenvalue weighted by Crippen LogP contribution is 2.07. The van der Waals surface area contributed by atoms with Gasteiger partial charge in [-0.25, -0.2) is 4.98 Å². The van der Waals surface area contributed by atoms with Crippen LogP contribution in [-0.2, 0) is 0 Å². The molecule has 0 aromatic carbocycles. The van der Waals surface area contributed by atoms with Crippen LogP contribution in [0.15, 0.2) is 5.38 Å². The van der Waals surface area contributed by atoms with Crippen molar-refractivity contribution in [3.8, 4) is 0 Å². The quantitative estimate of drug-likeness (QED) is 0.423. The van der Waals surface area contributed by atoms with E-state index in [1.54, 1.807) is 11.3 Å². The van der Waals surface area contributed by atoms with Gasteiger partial charge in [0.05, 0.1) is 4.63 Å². The van der Waals surface area contributed by atoms with Crippen molar-refractivity contribution in [1.29, 1.82) is 5.41 Å². The van der Waals surface area contributed by atoms with Gasteiger partial charge in [-0.3, -0.25) is 5.41 Å². The Labute approximate surface area is 77.2 Å². The van der Waals surface area contributed by atoms with Crippen molar-refractivity contribution in [2.24, 2.45) is 5.73 Å². The van der Waals surface area contributed by atoms with Gasteiger partial charge in [0.25, 0.3) is 0 Å². The number of nitrogens with zero attached hydrogens (tertiary/aromatic N) is 1. The highest BCUT2D eigenvalue weighted by atomic mass is 32.1. The summed E-state index contributed by atoms with van der Waals surface area (Å²) in [5.41, 5.74) is 5.94. The lowest BCUT2D eigenvalue weighted by atomic mass is 10.5. The SMILES string of the molecule is C[Si](C)(C)c1nc(C(=N)N)cs1. The summed E-state index contributed by atoms with van der Waals surface area (Å²) >= 11 is 1.61. The minimum atomic E-state index is -1.30. The summed E-state index contributed by atoms with van der Waals surface area (Å²) in [6, 6.07) is 0. The molecular weight excluding hydrogens is 186 g/mol. The molecule has 12 heavy (non-hydrogen) atoms. The highest BCUT2D eigenvalue weighted by molar-refractivity contribution is 7.24. The van der Waals surface area contributed by atoms with Crippen LogP contribution in [0.2, 0.25) is 19.6 Å². The molecule has 3 nitrogen and oxygen atoms in total. The zero-order valence-electron chi connectivity index (χ0n) is 7.51. The normalized spacial score (nSPS) is 11.6. The van der Waals surface area contributed by atoms with E-state index in [9.17, 15) is 0 Å². The van der Waals surface area contributed by atoms with Crippen LogP contribution in [-0.4, -0.2) is 18.9 Å². The highest BCUT2D eigenvalue weighted by Gasteiger charge is 2.20. The fourth-order valence-corrected chi connectivity index (χ4v) is 3.34. The van der Waals surface area contributed by atoms with Crippen LogP contribution in [0.5, 0.6) is 0 Å². The second-order valence-electron chi connectivity index (χ2n) is 3.70. The van der Waals surface area contributed by atoms with Gasteiger partial charge in [0.1, 0.15) is 19.6 Å². The average Bonchev–Trinajstić information content (AvgIpc) is 2.30. The molecule has 3 N–H and O–H groups in total. The number of thiazole rings is 1. The van der Waals surface area contributed by atoms with Crippen molar-refractivity contribution in [2.45, 2.75) is 19.6 Å². The van der Waals surface area contributed by atoms with E-state index in [4.69, 9.17) is 11.1 Å². The van der Waals surface area contributed by atoms with Crippen LogP contribution in [0.25, 0.3) is 0 Å². The van der Waals surface area contributed by atoms with Gasteiger partial charge in [-0.1, -0.05) is 19.6 Å². The predicted molar refractivity (Wildman–Crippen MR) is 56.1 cm³/mol. The molecule has 0 saturated heterocycles. The lowest BCUT2D eigenvalue weighted by Gasteiger charge is -2.10. The minimum absolute atomic E-state index is 0.0655. The van der Waals surface area contributed by atoms with Gasteiger partial charge < -0.3 is 5.73 Å². The Morgan fingerprint density at radius 3 is 2.42 bits per heavy atom. The van der Waals surface area contributed by atoms with Gasteiger partial charge in [0.2, 0.25) is 0 Å². The molecular formula is C7H13N3SSi. The van der Waals surface area contributed by atoms with Crippen LogP contribution in [0.1, 0.15) is 5.69 Å². The lowest BCUT2D eigenvalue weighted by Crippen LogP contribution is -2.37. The van der Waals surface area contributed by atoms with Crippen LogP contribution in [0.4, 0.5) is 0 Å². The van der Waals surface area contributed by atoms with Crippen LogP contribution in [0.3, 0.4) is 0 Å². The van der Waals surface area contributed by atoms with Crippen molar-refractivity contribution in [3.05, 3.63) is 11.1 Å². The van der Waals surface area contributed by atoms with Crippen molar-refractivity contribution in [3.63, 3.8) is 0 Å². The van der Waals surface area contributed by atoms with Crippen LogP contribution >= 0.6 is 11.3 Å². The summed E-state index contributed by atoms with van der Waals surface area (Å²) in [6.07, 6.45) is 0. The topological polar surface area (TPSA) is 62.8 Å². The first-order chi connectivity index (χ1) is 5.41. The summed E-state index contributed by atoms with van der Waals surface area (Å²) in [5.74, 6) is 0.0655. The van der Waals surface area contributed by atoms with E-state index in [0.717, 1.165) is 4.63 Å². The third-order valence-corrected chi connectivity index (χ3v) is 5.66. The average molecular weight is 199 g/mol. The van der Waals surface area contributed by atoms with E-state index < -0.39 is 8.07 Å². The van der Waals surface area contributed by atoms with Gasteiger partial charge in [-0.15, -0.1) is 11.3 Å². The molecule has 1 aromatic heterocycles. The molecule has 1 aromatic rings. The van der Waals surface area contributed by atoms with Crippen molar-refractivity contribution in [1.82, 2.24) is 4.98 Å². The Bertz CT molecular complexity index is 300. The fourth-order valence-electron chi connectivity index (χ4n) is 0.742. The van der Waals surface area contributed by atoms with E-state index >= 15 is 0 Å². The maximum absolute atomic E-state index is 7.19. The van der Waals surface area contributed by atoms with Crippen LogP contribution in [0, 0.1) is 5.41 Å². The number of rotatable bonds is 2. The molecule has 0 saturated carbocycles. The van der Waals surface area contributed by atoms with Gasteiger partial charge in [0.15, 0.2) is 0 Å². The number of nitrogens with two attached hydrogens (primary N) is 1. The van der Waals surface area contributed by atoms with Gasteiger partial charge in [-0.2, -0.15) is 0 Å². The molecule has 0 bridgehead atoms. The van der Waals surface area contributed by atoms with E-state index in [1.165, 1.54) is 0 Å². The summed E-state index contributed by atoms with van der Waals surface area (Å²) < 4.78 is 1.16. The Kier molecular flexibility index (Phi) is 2.34. The van der Waals surface area contributed by atoms with Gasteiger partial charge in [-0.05, 0) is 0 Å². The van der Waals surface area contributed by atoms with E-state index in [0.29, 0.717) is 5.69 Å². The Balaban J connectivity index is 3.00. The van der Waals surface area contributed by atoms with Crippen molar-refractivity contribution < 1.29 is 0 Å². The fraction of sp³-hybridized carbons (Fsp3) is 0.429. The second kappa shape index (κ2) is 2.99. The zero-order chi connectivity index (χ0) is 9.35. The summed E-state index contributed by atoms with van der Waals surface area (Å²) in [7, 11) is -1.30. The third kappa shape index (κ3) is 1.92. The Morgan fingerprint density at radius 1 is 1.58 bits per heavy atom. The first-order valence-corrected chi connectivity index (χ1v) is 8.09. The van der Waals surface area contributed by atoms with Crippen molar-refractivity contribution in [2.75, 3.05) is 0 Å². The molecule has 0 atom stereocenters. The molecule has 0 unspecified atom stereocenters. The standard InChI is InChI=1S/C7H13N3SSi/c1-12(2,3)7-10-5(4-11-7)6(8)9/h4H,1-3H3,(H3,8,9). The summed E-state index contributed by atoms with van der Waals surface area (Å²) in [4.78, 5) is 4.31. The van der Waals surface area contributed by atoms with Crippen molar-refractivity contribution >= 4 is 29.9 Å². The molecule has 66 valence electrons. The minimum Gasteiger partial charge on any atom is -0.382 e. The first-order valence-electron chi connectivity index (χ1n) is 3.71. The monoisotopic (exact) mass is 199 g/mol. The number of nitrogens with one attached hydrogen (secondary N) is 1. The van der Waals surface area contributed by atoms with Gasteiger partial charge in [0, 0.05) is 5.38 Å². The molecule has 0 aliphatic rings. The maximum atomic E-state index is 7.19. The second-order valence-corrected chi connectivity index (χ2v) is 9.90. The number of nitrogen functional groups attached to an aromatic ring is 1. The molecule has 5 heteroatoms. The van der Waals surface area contributed by atoms with E-state index in [-0.39, 0.29) is 5.84 Å². The Hall–Kier alpha value is -0.683. The molecule has 0 aliphatic heterocycles. The summed E-state index contributed by atoms with van der Waals surface area (Å²) in [6.45, 7) is 6.70. The number of hydrogen-bond acceptors (Lipinski definition) is 3. The molecule has 0 aliphatic carbocycles. The zero-order valence-corrected chi connectivity index (χ0v) is 9.33. The smallest absolute Gasteiger partial charge is 0.142 e. The Morgan fingerprint density at radius 2 is 2.17 bits per heavy atom. The molecule has 0 spiro atoms. The van der Waals surface area contributed by atoms with Crippen LogP contribution < -0.4 is 10.4 Å². The molecule has 0 fully saturated rings. The molecule has 0 radical (unpaired) electrons. The molecule has 1 rings (SSSR count). The molecule has 0 amide bonds. The number of hydrogen-bond donors (Lipinski definition) is 2. The largest absolute Gasteiger partial charge is 0.382 e. The van der Waals surface area contributed by atoms with E-state index in [2.05, 4.69) is 24.6 Å². The molecule has 1 heterocycles. The number of aromatic nitrogens is 1. The predicted octanol–water partition coefficient (Wildman–Crippen LogP) is 0.972. The lowest BCUT2D eigenvalue weighted by molar-refractivity contribution is 1.33. The van der Waals surface area contributed by atoms with Gasteiger partial charge >= 0.3 is 0 Å². The van der Waals surface area contributed by atoms with E-state index in [1.807, 2.05) is 5.38 Å². The maximum Gasteiger partial charge on any atom is 0.142 e. The summed E-state index contributed by atoms with van der Waals surface area (Å²) in [5, 5.41) is 9.05. The first kappa shape index (κ1) is 9.41.